The molecule has 1 amide bonds. The van der Waals surface area contributed by atoms with Crippen LogP contribution in [0.15, 0.2) is 103 Å². The van der Waals surface area contributed by atoms with Gasteiger partial charge in [-0.3, -0.25) is 9.78 Å². The van der Waals surface area contributed by atoms with Crippen molar-refractivity contribution in [3.8, 4) is 16.9 Å². The average molecular weight is 432 g/mol. The zero-order valence-corrected chi connectivity index (χ0v) is 17.9. The molecule has 0 aliphatic heterocycles. The Morgan fingerprint density at radius 1 is 0.939 bits per heavy atom. The Kier molecular flexibility index (Phi) is 5.43. The number of carbonyl (C=O) groups is 1. The van der Waals surface area contributed by atoms with E-state index in [-0.39, 0.29) is 5.91 Å². The number of rotatable bonds is 5. The van der Waals surface area contributed by atoms with E-state index in [9.17, 15) is 4.79 Å². The van der Waals surface area contributed by atoms with Gasteiger partial charge >= 0.3 is 0 Å². The van der Waals surface area contributed by atoms with Crippen molar-refractivity contribution in [2.24, 2.45) is 5.10 Å². The molecule has 0 bridgehead atoms. The van der Waals surface area contributed by atoms with Crippen LogP contribution in [0.2, 0.25) is 0 Å². The normalized spacial score (nSPS) is 11.5. The second-order valence-corrected chi connectivity index (χ2v) is 7.46. The summed E-state index contributed by atoms with van der Waals surface area (Å²) in [6.07, 6.45) is 8.78. The lowest BCUT2D eigenvalue weighted by atomic mass is 10.0. The van der Waals surface area contributed by atoms with Gasteiger partial charge in [0.2, 0.25) is 0 Å². The number of fused-ring (bicyclic) bond motifs is 1. The van der Waals surface area contributed by atoms with Crippen molar-refractivity contribution in [3.63, 3.8) is 0 Å². The molecule has 7 heteroatoms. The van der Waals surface area contributed by atoms with Crippen LogP contribution in [0.5, 0.6) is 0 Å². The van der Waals surface area contributed by atoms with Gasteiger partial charge in [-0.1, -0.05) is 30.3 Å². The first-order valence-electron chi connectivity index (χ1n) is 10.4. The summed E-state index contributed by atoms with van der Waals surface area (Å²) >= 11 is 0. The van der Waals surface area contributed by atoms with Crippen LogP contribution < -0.4 is 5.43 Å². The summed E-state index contributed by atoms with van der Waals surface area (Å²) in [6, 6.07) is 21.0. The number of benzene rings is 2. The van der Waals surface area contributed by atoms with Gasteiger partial charge in [-0.15, -0.1) is 0 Å². The quantitative estimate of drug-likeness (QED) is 0.324. The maximum Gasteiger partial charge on any atom is 0.272 e. The molecule has 5 rings (SSSR count). The molecule has 0 aliphatic carbocycles. The van der Waals surface area contributed by atoms with Gasteiger partial charge in [0.15, 0.2) is 0 Å². The van der Waals surface area contributed by atoms with E-state index in [1.807, 2.05) is 78.4 Å². The second-order valence-electron chi connectivity index (χ2n) is 7.46. The highest BCUT2D eigenvalue weighted by atomic mass is 16.2. The van der Waals surface area contributed by atoms with Gasteiger partial charge in [0.05, 0.1) is 28.8 Å². The van der Waals surface area contributed by atoms with E-state index in [0.29, 0.717) is 17.0 Å². The largest absolute Gasteiger partial charge is 0.306 e. The zero-order valence-electron chi connectivity index (χ0n) is 17.9. The van der Waals surface area contributed by atoms with E-state index >= 15 is 0 Å². The van der Waals surface area contributed by atoms with Crippen LogP contribution in [0.4, 0.5) is 0 Å². The van der Waals surface area contributed by atoms with Crippen LogP contribution in [0.3, 0.4) is 0 Å². The highest BCUT2D eigenvalue weighted by molar-refractivity contribution is 6.08. The molecule has 0 saturated heterocycles. The summed E-state index contributed by atoms with van der Waals surface area (Å²) in [5.41, 5.74) is 8.17. The summed E-state index contributed by atoms with van der Waals surface area (Å²) in [7, 11) is 0. The molecule has 0 unspecified atom stereocenters. The number of para-hydroxylation sites is 1. The molecule has 0 radical (unpaired) electrons. The highest BCUT2D eigenvalue weighted by Crippen LogP contribution is 2.24. The second kappa shape index (κ2) is 8.84. The highest BCUT2D eigenvalue weighted by Gasteiger charge is 2.14. The molecule has 3 heterocycles. The Balaban J connectivity index is 1.42. The van der Waals surface area contributed by atoms with Crippen LogP contribution >= 0.6 is 0 Å². The van der Waals surface area contributed by atoms with Gasteiger partial charge in [0.25, 0.3) is 5.91 Å². The van der Waals surface area contributed by atoms with Gasteiger partial charge in [-0.05, 0) is 48.9 Å². The molecule has 1 N–H and O–H groups in total. The number of nitrogens with zero attached hydrogens (tertiary/aromatic N) is 5. The van der Waals surface area contributed by atoms with E-state index in [4.69, 9.17) is 4.98 Å². The third kappa shape index (κ3) is 4.24. The lowest BCUT2D eigenvalue weighted by molar-refractivity contribution is 0.0956. The Bertz CT molecular complexity index is 1440. The number of imidazole rings is 1. The van der Waals surface area contributed by atoms with Crippen molar-refractivity contribution in [3.05, 3.63) is 109 Å². The summed E-state index contributed by atoms with van der Waals surface area (Å²) in [6.45, 7) is 1.86. The Labute approximate surface area is 190 Å². The van der Waals surface area contributed by atoms with Gasteiger partial charge in [-0.25, -0.2) is 15.4 Å². The van der Waals surface area contributed by atoms with Crippen LogP contribution in [0, 0.1) is 0 Å². The van der Waals surface area contributed by atoms with Crippen molar-refractivity contribution in [2.75, 3.05) is 0 Å². The van der Waals surface area contributed by atoms with Crippen LogP contribution in [0.25, 0.3) is 27.8 Å². The SMILES string of the molecule is C/C(=N/NC(=O)c1cc(-c2ccncc2)nc2ccccc12)c1ccc(-n2ccnc2)cc1. The van der Waals surface area contributed by atoms with E-state index < -0.39 is 0 Å². The first-order valence-corrected chi connectivity index (χ1v) is 10.4. The molecule has 0 saturated carbocycles. The standard InChI is InChI=1S/C26H20N6O/c1-18(19-6-8-21(9-7-19)32-15-14-28-17-32)30-31-26(33)23-16-25(20-10-12-27-13-11-20)29-24-5-3-2-4-22(23)24/h2-17H,1H3,(H,31,33)/b30-18-. The molecule has 33 heavy (non-hydrogen) atoms. The van der Waals surface area contributed by atoms with Crippen molar-refractivity contribution in [1.29, 1.82) is 0 Å². The van der Waals surface area contributed by atoms with Crippen LogP contribution in [0.1, 0.15) is 22.8 Å². The molecule has 7 nitrogen and oxygen atoms in total. The van der Waals surface area contributed by atoms with Crippen molar-refractivity contribution >= 4 is 22.5 Å². The fourth-order valence-electron chi connectivity index (χ4n) is 3.58. The number of hydrogen-bond donors (Lipinski definition) is 1. The first-order chi connectivity index (χ1) is 16.2. The molecular weight excluding hydrogens is 412 g/mol. The van der Waals surface area contributed by atoms with Crippen molar-refractivity contribution in [1.82, 2.24) is 24.9 Å². The van der Waals surface area contributed by atoms with Crippen molar-refractivity contribution in [2.45, 2.75) is 6.92 Å². The Morgan fingerprint density at radius 3 is 2.48 bits per heavy atom. The van der Waals surface area contributed by atoms with Gasteiger partial charge in [0, 0.05) is 41.4 Å². The molecule has 0 fully saturated rings. The van der Waals surface area contributed by atoms with Crippen LogP contribution in [-0.4, -0.2) is 31.1 Å². The Morgan fingerprint density at radius 2 is 1.73 bits per heavy atom. The topological polar surface area (TPSA) is 85.1 Å². The number of pyridine rings is 2. The number of hydrazone groups is 1. The first kappa shape index (κ1) is 20.3. The number of carbonyl (C=O) groups excluding carboxylic acids is 1. The molecule has 0 atom stereocenters. The Hall–Kier alpha value is -4.65. The summed E-state index contributed by atoms with van der Waals surface area (Å²) < 4.78 is 1.92. The smallest absolute Gasteiger partial charge is 0.272 e. The molecule has 160 valence electrons. The minimum Gasteiger partial charge on any atom is -0.306 e. The van der Waals surface area contributed by atoms with E-state index in [0.717, 1.165) is 27.7 Å². The van der Waals surface area contributed by atoms with E-state index in [1.165, 1.54) is 0 Å². The molecule has 0 spiro atoms. The minimum atomic E-state index is -0.293. The van der Waals surface area contributed by atoms with Crippen molar-refractivity contribution < 1.29 is 4.79 Å². The third-order valence-electron chi connectivity index (χ3n) is 5.35. The third-order valence-corrected chi connectivity index (χ3v) is 5.35. The van der Waals surface area contributed by atoms with Gasteiger partial charge < -0.3 is 4.57 Å². The monoisotopic (exact) mass is 432 g/mol. The maximum atomic E-state index is 13.1. The number of aromatic nitrogens is 4. The fourth-order valence-corrected chi connectivity index (χ4v) is 3.58. The number of nitrogens with one attached hydrogen (secondary N) is 1. The predicted octanol–water partition coefficient (Wildman–Crippen LogP) is 4.64. The number of hydrogen-bond acceptors (Lipinski definition) is 5. The predicted molar refractivity (Wildman–Crippen MR) is 128 cm³/mol. The maximum absolute atomic E-state index is 13.1. The molecule has 0 aliphatic rings. The lowest BCUT2D eigenvalue weighted by Crippen LogP contribution is -2.20. The zero-order chi connectivity index (χ0) is 22.6. The molecule has 2 aromatic carbocycles. The fraction of sp³-hybridized carbons (Fsp3) is 0.0385. The van der Waals surface area contributed by atoms with Gasteiger partial charge in [-0.2, -0.15) is 5.10 Å². The summed E-state index contributed by atoms with van der Waals surface area (Å²) in [5, 5.41) is 5.11. The molecular formula is C26H20N6O. The number of amides is 1. The minimum absolute atomic E-state index is 0.293. The molecule has 5 aromatic rings. The molecule has 3 aromatic heterocycles. The van der Waals surface area contributed by atoms with E-state index in [2.05, 4.69) is 20.5 Å². The lowest BCUT2D eigenvalue weighted by Gasteiger charge is -2.09. The van der Waals surface area contributed by atoms with E-state index in [1.54, 1.807) is 31.0 Å². The van der Waals surface area contributed by atoms with Gasteiger partial charge in [0.1, 0.15) is 0 Å². The summed E-state index contributed by atoms with van der Waals surface area (Å²) in [5.74, 6) is -0.293. The summed E-state index contributed by atoms with van der Waals surface area (Å²) in [4.78, 5) is 26.0. The van der Waals surface area contributed by atoms with Crippen LogP contribution in [-0.2, 0) is 0 Å². The average Bonchev–Trinajstić information content (AvgIpc) is 3.42.